The third-order valence-electron chi connectivity index (χ3n) is 11.5. The summed E-state index contributed by atoms with van der Waals surface area (Å²) in [6.45, 7) is 20.4. The first-order valence-electron chi connectivity index (χ1n) is 21.5. The summed E-state index contributed by atoms with van der Waals surface area (Å²) in [7, 11) is 0. The van der Waals surface area contributed by atoms with Crippen LogP contribution in [0.3, 0.4) is 0 Å². The summed E-state index contributed by atoms with van der Waals surface area (Å²) < 4.78 is 20.2. The molecule has 2 aromatic heterocycles. The number of benzene rings is 6. The van der Waals surface area contributed by atoms with Crippen molar-refractivity contribution in [2.45, 2.75) is 86.4 Å². The maximum absolute atomic E-state index is 11.7. The molecule has 0 atom stereocenters. The average molecular weight is 776 g/mol. The zero-order valence-electron chi connectivity index (χ0n) is 38.0. The number of fused-ring (bicyclic) bond motifs is 1. The Kier molecular flexibility index (Phi) is 9.72. The summed E-state index contributed by atoms with van der Waals surface area (Å²) in [5, 5.41) is 11.7. The lowest BCUT2D eigenvalue weighted by atomic mass is 9.83. The van der Waals surface area contributed by atoms with E-state index in [1.54, 1.807) is 0 Å². The minimum absolute atomic E-state index is 0.146. The topological polar surface area (TPSA) is 50.9 Å². The second kappa shape index (κ2) is 15.5. The number of aromatic nitrogens is 3. The summed E-state index contributed by atoms with van der Waals surface area (Å²) in [6.07, 6.45) is 1.89. The number of nitrogens with zero attached hydrogens (tertiary/aromatic N) is 3. The maximum atomic E-state index is 11.7. The number of imidazole rings is 1. The van der Waals surface area contributed by atoms with E-state index in [0.717, 1.165) is 83.6 Å². The summed E-state index contributed by atoms with van der Waals surface area (Å²) in [5.41, 5.74) is 17.2. The number of rotatable bonds is 8. The van der Waals surface area contributed by atoms with Gasteiger partial charge in [-0.25, -0.2) is 4.98 Å². The van der Waals surface area contributed by atoms with Crippen LogP contribution >= 0.6 is 0 Å². The minimum atomic E-state index is -0.871. The highest BCUT2D eigenvalue weighted by atomic mass is 16.3. The molecule has 0 unspecified atom stereocenters. The molecule has 0 aliphatic rings. The predicted molar refractivity (Wildman–Crippen MR) is 249 cm³/mol. The molecule has 0 bridgehead atoms. The zero-order valence-corrected chi connectivity index (χ0v) is 36.0. The normalized spacial score (nSPS) is 12.8. The number of para-hydroxylation sites is 1. The quantitative estimate of drug-likeness (QED) is 0.167. The Labute approximate surface area is 353 Å². The van der Waals surface area contributed by atoms with Crippen molar-refractivity contribution in [2.75, 3.05) is 0 Å². The van der Waals surface area contributed by atoms with Crippen molar-refractivity contribution < 1.29 is 7.85 Å². The number of aromatic hydroxyl groups is 1. The molecule has 0 radical (unpaired) electrons. The molecule has 0 saturated carbocycles. The Bertz CT molecular complexity index is 2910. The fourth-order valence-electron chi connectivity index (χ4n) is 8.26. The van der Waals surface area contributed by atoms with Crippen LogP contribution in [0.15, 0.2) is 134 Å². The average Bonchev–Trinajstić information content (AvgIpc) is 3.61. The van der Waals surface area contributed by atoms with E-state index in [9.17, 15) is 5.11 Å². The number of hydrogen-bond acceptors (Lipinski definition) is 3. The zero-order chi connectivity index (χ0) is 43.6. The van der Waals surface area contributed by atoms with E-state index in [0.29, 0.717) is 11.4 Å². The third-order valence-corrected chi connectivity index (χ3v) is 11.5. The van der Waals surface area contributed by atoms with Crippen LogP contribution < -0.4 is 0 Å². The summed E-state index contributed by atoms with van der Waals surface area (Å²) in [6, 6.07) is 44.3. The molecule has 8 rings (SSSR count). The van der Waals surface area contributed by atoms with Crippen LogP contribution in [0.2, 0.25) is 0 Å². The van der Waals surface area contributed by atoms with Gasteiger partial charge in [-0.1, -0.05) is 133 Å². The van der Waals surface area contributed by atoms with Gasteiger partial charge in [0, 0.05) is 25.8 Å². The van der Waals surface area contributed by atoms with E-state index >= 15 is 0 Å². The molecule has 0 saturated heterocycles. The van der Waals surface area contributed by atoms with Crippen LogP contribution in [0.25, 0.3) is 72.7 Å². The third kappa shape index (κ3) is 7.60. The Morgan fingerprint density at radius 1 is 0.610 bits per heavy atom. The van der Waals surface area contributed by atoms with Crippen LogP contribution in [0.4, 0.5) is 0 Å². The van der Waals surface area contributed by atoms with E-state index in [2.05, 4.69) is 129 Å². The van der Waals surface area contributed by atoms with Crippen LogP contribution in [0.1, 0.15) is 96.4 Å². The standard InChI is InChI=1S/C55H55N3O/c1-33(2)45-13-11-14-46(34(3)4)51(45)39-21-23-44(24-22-39)58-50-16-12-15-47(52(50)57-54(58)48-28-36(6)27-37(7)53(48)59)41-29-42(31-43(30-41)55(8,9)10)49-32-40(25-26-56-49)38-19-17-35(5)18-20-38/h11-34,59H,1-10H3/i33D,34D. The molecule has 4 nitrogen and oxygen atoms in total. The Morgan fingerprint density at radius 3 is 1.92 bits per heavy atom. The molecule has 0 fully saturated rings. The first kappa shape index (κ1) is 37.0. The molecule has 2 heterocycles. The Hall–Kier alpha value is -6.26. The van der Waals surface area contributed by atoms with E-state index in [1.165, 1.54) is 11.1 Å². The number of aryl methyl sites for hydroxylation is 3. The van der Waals surface area contributed by atoms with E-state index in [1.807, 2.05) is 78.1 Å². The van der Waals surface area contributed by atoms with E-state index in [-0.39, 0.29) is 11.2 Å². The lowest BCUT2D eigenvalue weighted by Gasteiger charge is -2.22. The molecule has 59 heavy (non-hydrogen) atoms. The highest BCUT2D eigenvalue weighted by Crippen LogP contribution is 2.42. The van der Waals surface area contributed by atoms with E-state index < -0.39 is 11.8 Å². The first-order valence-corrected chi connectivity index (χ1v) is 20.5. The smallest absolute Gasteiger partial charge is 0.149 e. The predicted octanol–water partition coefficient (Wildman–Crippen LogP) is 14.9. The molecule has 4 heteroatoms. The van der Waals surface area contributed by atoms with Crippen molar-refractivity contribution in [1.82, 2.24) is 14.5 Å². The lowest BCUT2D eigenvalue weighted by Crippen LogP contribution is -2.11. The van der Waals surface area contributed by atoms with Gasteiger partial charge in [0.25, 0.3) is 0 Å². The lowest BCUT2D eigenvalue weighted by molar-refractivity contribution is 0.472. The molecule has 6 aromatic carbocycles. The first-order chi connectivity index (χ1) is 28.8. The second-order valence-corrected chi connectivity index (χ2v) is 17.5. The highest BCUT2D eigenvalue weighted by Gasteiger charge is 2.24. The summed E-state index contributed by atoms with van der Waals surface area (Å²) >= 11 is 0. The molecule has 0 amide bonds. The van der Waals surface area contributed by atoms with Gasteiger partial charge in [-0.3, -0.25) is 9.55 Å². The Morgan fingerprint density at radius 2 is 1.25 bits per heavy atom. The molecule has 8 aromatic rings. The van der Waals surface area contributed by atoms with Gasteiger partial charge in [-0.15, -0.1) is 0 Å². The molecule has 0 spiro atoms. The van der Waals surface area contributed by atoms with Crippen molar-refractivity contribution >= 4 is 11.0 Å². The van der Waals surface area contributed by atoms with Gasteiger partial charge in [0.2, 0.25) is 0 Å². The number of phenols is 1. The van der Waals surface area contributed by atoms with E-state index in [4.69, 9.17) is 12.7 Å². The van der Waals surface area contributed by atoms with Crippen LogP contribution in [0, 0.1) is 20.8 Å². The van der Waals surface area contributed by atoms with Crippen molar-refractivity contribution in [3.63, 3.8) is 0 Å². The largest absolute Gasteiger partial charge is 0.507 e. The van der Waals surface area contributed by atoms with Gasteiger partial charge in [0.1, 0.15) is 11.6 Å². The molecular weight excluding hydrogens is 719 g/mol. The van der Waals surface area contributed by atoms with Crippen LogP contribution in [-0.2, 0) is 5.41 Å². The number of phenolic OH excluding ortho intramolecular Hbond substituents is 1. The monoisotopic (exact) mass is 775 g/mol. The summed E-state index contributed by atoms with van der Waals surface area (Å²) in [4.78, 5) is 10.3. The number of hydrogen-bond donors (Lipinski definition) is 1. The van der Waals surface area contributed by atoms with Crippen molar-refractivity contribution in [3.8, 4) is 67.5 Å². The summed E-state index contributed by atoms with van der Waals surface area (Å²) in [5.74, 6) is -0.903. The number of pyridine rings is 1. The SMILES string of the molecule is [2H]C(C)(C)c1cccc(C([2H])(C)C)c1-c1ccc(-n2c(-c3cc(C)cc(C)c3O)nc3c(-c4cc(-c5cc(-c6ccc(C)cc6)ccn5)cc(C(C)(C)C)c4)cccc32)cc1. The molecule has 1 N–H and O–H groups in total. The van der Waals surface area contributed by atoms with Gasteiger partial charge in [0.05, 0.1) is 22.3 Å². The van der Waals surface area contributed by atoms with Gasteiger partial charge in [-0.2, -0.15) is 0 Å². The highest BCUT2D eigenvalue weighted by molar-refractivity contribution is 5.97. The molecule has 0 aliphatic heterocycles. The van der Waals surface area contributed by atoms with Gasteiger partial charge in [-0.05, 0) is 142 Å². The Balaban J connectivity index is 1.35. The van der Waals surface area contributed by atoms with Crippen molar-refractivity contribution in [1.29, 1.82) is 0 Å². The minimum Gasteiger partial charge on any atom is -0.507 e. The maximum Gasteiger partial charge on any atom is 0.149 e. The second-order valence-electron chi connectivity index (χ2n) is 17.5. The van der Waals surface area contributed by atoms with Gasteiger partial charge in [0.15, 0.2) is 0 Å². The fourth-order valence-corrected chi connectivity index (χ4v) is 8.26. The molecule has 0 aliphatic carbocycles. The van der Waals surface area contributed by atoms with Crippen LogP contribution in [0.5, 0.6) is 5.75 Å². The van der Waals surface area contributed by atoms with Gasteiger partial charge < -0.3 is 5.11 Å². The molecular formula is C55H55N3O. The molecule has 296 valence electrons. The van der Waals surface area contributed by atoms with Crippen molar-refractivity contribution in [2.24, 2.45) is 0 Å². The fraction of sp³-hybridized carbons (Fsp3) is 0.236. The van der Waals surface area contributed by atoms with Crippen LogP contribution in [-0.4, -0.2) is 19.6 Å². The van der Waals surface area contributed by atoms with Crippen molar-refractivity contribution in [3.05, 3.63) is 167 Å². The van der Waals surface area contributed by atoms with Gasteiger partial charge >= 0.3 is 0 Å².